The topological polar surface area (TPSA) is 128 Å². The lowest BCUT2D eigenvalue weighted by atomic mass is 9.93. The van der Waals surface area contributed by atoms with Crippen LogP contribution in [-0.2, 0) is 31.4 Å². The molecule has 10 heteroatoms. The number of hydrogen-bond acceptors (Lipinski definition) is 7. The number of nitrogens with one attached hydrogen (secondary N) is 1. The van der Waals surface area contributed by atoms with E-state index in [1.165, 1.54) is 11.3 Å². The summed E-state index contributed by atoms with van der Waals surface area (Å²) in [4.78, 5) is 34.1. The van der Waals surface area contributed by atoms with Crippen LogP contribution in [0.5, 0.6) is 0 Å². The first-order valence-corrected chi connectivity index (χ1v) is 16.3. The minimum absolute atomic E-state index is 0.133. The second-order valence-electron chi connectivity index (χ2n) is 13.1. The SMILES string of the molecule is Cc1c(NC(=O)c2cc3c(n2C)CCN(C)C3)cccc1-c1cccc(-c2nc3cc(CN4CC[C@@H](C(=O)O)C4)cc(C#N)c3o2)c1C. The summed E-state index contributed by atoms with van der Waals surface area (Å²) in [6.45, 7) is 7.59. The summed E-state index contributed by atoms with van der Waals surface area (Å²) in [7, 11) is 4.07. The minimum Gasteiger partial charge on any atom is -0.481 e. The summed E-state index contributed by atoms with van der Waals surface area (Å²) >= 11 is 0. The van der Waals surface area contributed by atoms with E-state index in [-0.39, 0.29) is 11.8 Å². The van der Waals surface area contributed by atoms with Gasteiger partial charge in [-0.25, -0.2) is 4.98 Å². The van der Waals surface area contributed by atoms with Gasteiger partial charge in [-0.15, -0.1) is 0 Å². The Morgan fingerprint density at radius 2 is 1.79 bits per heavy atom. The van der Waals surface area contributed by atoms with Crippen molar-refractivity contribution < 1.29 is 19.1 Å². The van der Waals surface area contributed by atoms with E-state index in [1.54, 1.807) is 6.07 Å². The van der Waals surface area contributed by atoms with Crippen molar-refractivity contribution >= 4 is 28.7 Å². The second-order valence-corrected chi connectivity index (χ2v) is 13.1. The lowest BCUT2D eigenvalue weighted by molar-refractivity contribution is -0.141. The number of nitrogens with zero attached hydrogens (tertiary/aromatic N) is 5. The van der Waals surface area contributed by atoms with Crippen LogP contribution in [0.15, 0.2) is 59.0 Å². The third kappa shape index (κ3) is 5.65. The molecule has 0 unspecified atom stereocenters. The van der Waals surface area contributed by atoms with Crippen molar-refractivity contribution in [2.75, 3.05) is 32.0 Å². The largest absolute Gasteiger partial charge is 0.481 e. The van der Waals surface area contributed by atoms with E-state index < -0.39 is 5.97 Å². The third-order valence-electron chi connectivity index (χ3n) is 9.99. The Hall–Kier alpha value is -5.24. The Balaban J connectivity index is 1.17. The molecule has 244 valence electrons. The van der Waals surface area contributed by atoms with Crippen LogP contribution in [0.2, 0.25) is 0 Å². The fourth-order valence-electron chi connectivity index (χ4n) is 7.28. The number of fused-ring (bicyclic) bond motifs is 2. The van der Waals surface area contributed by atoms with Crippen molar-refractivity contribution in [1.82, 2.24) is 19.4 Å². The molecule has 7 rings (SSSR count). The van der Waals surface area contributed by atoms with Gasteiger partial charge in [0, 0.05) is 56.6 Å². The predicted octanol–water partition coefficient (Wildman–Crippen LogP) is 6.14. The van der Waals surface area contributed by atoms with E-state index in [1.807, 2.05) is 67.9 Å². The Kier molecular flexibility index (Phi) is 8.11. The van der Waals surface area contributed by atoms with Crippen molar-refractivity contribution in [2.45, 2.75) is 39.8 Å². The third-order valence-corrected chi connectivity index (χ3v) is 9.99. The number of benzene rings is 3. The molecule has 4 heterocycles. The van der Waals surface area contributed by atoms with E-state index in [2.05, 4.69) is 34.3 Å². The summed E-state index contributed by atoms with van der Waals surface area (Å²) in [5, 5.41) is 22.5. The van der Waals surface area contributed by atoms with Gasteiger partial charge in [-0.1, -0.05) is 24.3 Å². The van der Waals surface area contributed by atoms with E-state index in [0.717, 1.165) is 58.6 Å². The van der Waals surface area contributed by atoms with Crippen LogP contribution in [0.4, 0.5) is 5.69 Å². The number of carbonyl (C=O) groups is 2. The highest BCUT2D eigenvalue weighted by molar-refractivity contribution is 6.04. The molecule has 48 heavy (non-hydrogen) atoms. The van der Waals surface area contributed by atoms with Gasteiger partial charge in [0.05, 0.1) is 11.5 Å². The first kappa shape index (κ1) is 31.4. The molecular weight excluding hydrogens is 604 g/mol. The molecule has 0 bridgehead atoms. The highest BCUT2D eigenvalue weighted by atomic mass is 16.4. The van der Waals surface area contributed by atoms with Crippen molar-refractivity contribution in [3.63, 3.8) is 0 Å². The van der Waals surface area contributed by atoms with Crippen LogP contribution in [0.1, 0.15) is 50.4 Å². The van der Waals surface area contributed by atoms with Crippen molar-refractivity contribution in [3.05, 3.63) is 93.8 Å². The molecule has 1 fully saturated rings. The molecule has 1 amide bonds. The highest BCUT2D eigenvalue weighted by Crippen LogP contribution is 2.37. The maximum atomic E-state index is 13.5. The van der Waals surface area contributed by atoms with E-state index in [4.69, 9.17) is 9.40 Å². The molecule has 2 aliphatic rings. The van der Waals surface area contributed by atoms with Gasteiger partial charge in [0.25, 0.3) is 5.91 Å². The minimum atomic E-state index is -0.769. The number of likely N-dealkylation sites (N-methyl/N-ethyl adjacent to an activating group) is 1. The molecule has 0 aliphatic carbocycles. The maximum Gasteiger partial charge on any atom is 0.307 e. The highest BCUT2D eigenvalue weighted by Gasteiger charge is 2.28. The number of aliphatic carboxylic acids is 1. The van der Waals surface area contributed by atoms with Gasteiger partial charge in [-0.05, 0) is 97.6 Å². The van der Waals surface area contributed by atoms with Crippen LogP contribution < -0.4 is 5.32 Å². The summed E-state index contributed by atoms with van der Waals surface area (Å²) in [5.74, 6) is -0.846. The number of hydrogen-bond donors (Lipinski definition) is 2. The zero-order valence-corrected chi connectivity index (χ0v) is 27.6. The first-order valence-electron chi connectivity index (χ1n) is 16.3. The lowest BCUT2D eigenvalue weighted by Gasteiger charge is -2.23. The van der Waals surface area contributed by atoms with Gasteiger partial charge < -0.3 is 24.3 Å². The molecule has 5 aromatic rings. The van der Waals surface area contributed by atoms with Gasteiger partial charge in [-0.2, -0.15) is 5.26 Å². The number of aromatic nitrogens is 2. The predicted molar refractivity (Wildman–Crippen MR) is 183 cm³/mol. The second kappa shape index (κ2) is 12.4. The van der Waals surface area contributed by atoms with Crippen LogP contribution in [-0.4, -0.2) is 63.0 Å². The number of carboxylic acid groups (broad SMARTS) is 1. The summed E-state index contributed by atoms with van der Waals surface area (Å²) in [6, 6.07) is 19.9. The van der Waals surface area contributed by atoms with Gasteiger partial charge in [-0.3, -0.25) is 14.5 Å². The maximum absolute atomic E-state index is 13.5. The molecule has 10 nitrogen and oxygen atoms in total. The lowest BCUT2D eigenvalue weighted by Crippen LogP contribution is -2.27. The van der Waals surface area contributed by atoms with Crippen molar-refractivity contribution in [3.8, 4) is 28.7 Å². The van der Waals surface area contributed by atoms with Gasteiger partial charge in [0.1, 0.15) is 17.3 Å². The van der Waals surface area contributed by atoms with Crippen LogP contribution in [0.25, 0.3) is 33.7 Å². The number of likely N-dealkylation sites (tertiary alicyclic amines) is 1. The first-order chi connectivity index (χ1) is 23.1. The number of oxazole rings is 1. The molecule has 0 saturated carbocycles. The molecular formula is C38H38N6O4. The summed E-state index contributed by atoms with van der Waals surface area (Å²) in [6.07, 6.45) is 1.54. The quantitative estimate of drug-likeness (QED) is 0.217. The van der Waals surface area contributed by atoms with E-state index in [0.29, 0.717) is 54.3 Å². The number of nitriles is 1. The summed E-state index contributed by atoms with van der Waals surface area (Å²) in [5.41, 5.74) is 10.8. The summed E-state index contributed by atoms with van der Waals surface area (Å²) < 4.78 is 8.26. The molecule has 0 spiro atoms. The van der Waals surface area contributed by atoms with E-state index >= 15 is 0 Å². The molecule has 1 atom stereocenters. The average Bonchev–Trinajstić information content (AvgIpc) is 3.79. The number of carboxylic acids is 1. The smallest absolute Gasteiger partial charge is 0.307 e. The van der Waals surface area contributed by atoms with Crippen LogP contribution in [0.3, 0.4) is 0 Å². The standard InChI is InChI=1S/C38H38N6O4/c1-22-28(29-8-6-10-31(23(29)2)40-36(45)34-17-27-20-42(3)13-12-33(27)43(34)4)7-5-9-30(22)37-41-32-16-24(15-26(18-39)35(32)48-37)19-44-14-11-25(21-44)38(46)47/h5-10,15-17,25H,11-14,19-21H2,1-4H3,(H,40,45)(H,46,47)/t25-/m1/s1. The Morgan fingerprint density at radius 3 is 2.54 bits per heavy atom. The fourth-order valence-corrected chi connectivity index (χ4v) is 7.28. The number of rotatable bonds is 7. The average molecular weight is 643 g/mol. The molecule has 2 N–H and O–H groups in total. The number of amides is 1. The normalized spacial score (nSPS) is 16.6. The fraction of sp³-hybridized carbons (Fsp3) is 0.316. The van der Waals surface area contributed by atoms with Gasteiger partial charge in [0.2, 0.25) is 5.89 Å². The molecule has 3 aromatic carbocycles. The van der Waals surface area contributed by atoms with Crippen molar-refractivity contribution in [2.24, 2.45) is 13.0 Å². The molecule has 1 saturated heterocycles. The van der Waals surface area contributed by atoms with E-state index in [9.17, 15) is 20.0 Å². The van der Waals surface area contributed by atoms with Crippen LogP contribution >= 0.6 is 0 Å². The monoisotopic (exact) mass is 642 g/mol. The molecule has 0 radical (unpaired) electrons. The molecule has 2 aromatic heterocycles. The molecule has 2 aliphatic heterocycles. The van der Waals surface area contributed by atoms with Crippen molar-refractivity contribution in [1.29, 1.82) is 5.26 Å². The van der Waals surface area contributed by atoms with Gasteiger partial charge in [0.15, 0.2) is 5.58 Å². The zero-order chi connectivity index (χ0) is 33.7. The Bertz CT molecular complexity index is 2140. The number of carbonyl (C=O) groups excluding carboxylic acids is 1. The Morgan fingerprint density at radius 1 is 1.04 bits per heavy atom. The van der Waals surface area contributed by atoms with Crippen LogP contribution in [0, 0.1) is 31.1 Å². The van der Waals surface area contributed by atoms with Gasteiger partial charge >= 0.3 is 5.97 Å². The Labute approximate surface area is 279 Å². The zero-order valence-electron chi connectivity index (χ0n) is 27.6. The number of anilines is 1.